The van der Waals surface area contributed by atoms with Gasteiger partial charge in [0.1, 0.15) is 11.6 Å². The second-order valence-corrected chi connectivity index (χ2v) is 10.7. The minimum Gasteiger partial charge on any atom is -0.480 e. The standard InChI is InChI=1S/C30H43N7O4/c1-6-35(7-2)24-20-31-28(36(8-3)9-4)33-25(24)32-23(26(38)39)19-21-13-15-22(16-14-21)37-27(40)30(34(5)29(37)41)17-11-10-12-18-30/h13-16,20,23H,6-12,17-19H2,1-5H3,(H,38,39)(H,31,32,33)/t23-/m0/s1. The van der Waals surface area contributed by atoms with Gasteiger partial charge in [0.25, 0.3) is 5.91 Å². The summed E-state index contributed by atoms with van der Waals surface area (Å²) in [4.78, 5) is 55.3. The second-order valence-electron chi connectivity index (χ2n) is 10.7. The van der Waals surface area contributed by atoms with Crippen LogP contribution in [0.2, 0.25) is 0 Å². The minimum atomic E-state index is -1.01. The van der Waals surface area contributed by atoms with Crippen LogP contribution in [0.4, 0.5) is 27.9 Å². The lowest BCUT2D eigenvalue weighted by Crippen LogP contribution is -2.49. The van der Waals surface area contributed by atoms with E-state index in [1.54, 1.807) is 42.4 Å². The van der Waals surface area contributed by atoms with Gasteiger partial charge in [0.2, 0.25) is 5.95 Å². The molecule has 0 radical (unpaired) electrons. The number of rotatable bonds is 12. The lowest BCUT2D eigenvalue weighted by molar-refractivity contribution is -0.137. The van der Waals surface area contributed by atoms with Gasteiger partial charge in [0.15, 0.2) is 5.82 Å². The third-order valence-corrected chi connectivity index (χ3v) is 8.55. The largest absolute Gasteiger partial charge is 0.480 e. The van der Waals surface area contributed by atoms with Crippen molar-refractivity contribution in [2.24, 2.45) is 0 Å². The number of carboxylic acids is 1. The van der Waals surface area contributed by atoms with Gasteiger partial charge < -0.3 is 25.1 Å². The number of nitrogens with one attached hydrogen (secondary N) is 1. The van der Waals surface area contributed by atoms with Crippen molar-refractivity contribution >= 4 is 41.0 Å². The first kappa shape index (κ1) is 30.1. The molecule has 41 heavy (non-hydrogen) atoms. The lowest BCUT2D eigenvalue weighted by Gasteiger charge is -2.35. The third kappa shape index (κ3) is 5.80. The number of anilines is 4. The van der Waals surface area contributed by atoms with Gasteiger partial charge in [0, 0.05) is 39.6 Å². The molecule has 2 heterocycles. The normalized spacial score (nSPS) is 17.2. The number of carbonyl (C=O) groups is 3. The number of carboxylic acid groups (broad SMARTS) is 1. The number of benzene rings is 1. The van der Waals surface area contributed by atoms with E-state index in [1.165, 1.54) is 4.90 Å². The molecule has 1 aromatic carbocycles. The first-order chi connectivity index (χ1) is 19.7. The molecule has 1 aliphatic carbocycles. The number of aromatic nitrogens is 2. The van der Waals surface area contributed by atoms with Gasteiger partial charge in [-0.1, -0.05) is 31.4 Å². The number of likely N-dealkylation sites (N-methyl/N-ethyl adjacent to an activating group) is 1. The van der Waals surface area contributed by atoms with Gasteiger partial charge in [-0.3, -0.25) is 4.79 Å². The van der Waals surface area contributed by atoms with Crippen LogP contribution in [-0.4, -0.2) is 82.7 Å². The highest BCUT2D eigenvalue weighted by Gasteiger charge is 2.56. The highest BCUT2D eigenvalue weighted by atomic mass is 16.4. The summed E-state index contributed by atoms with van der Waals surface area (Å²) in [6.45, 7) is 11.0. The van der Waals surface area contributed by atoms with E-state index < -0.39 is 17.6 Å². The fourth-order valence-electron chi connectivity index (χ4n) is 5.99. The van der Waals surface area contributed by atoms with Crippen molar-refractivity contribution in [1.82, 2.24) is 14.9 Å². The van der Waals surface area contributed by atoms with Crippen molar-refractivity contribution in [3.05, 3.63) is 36.0 Å². The highest BCUT2D eigenvalue weighted by Crippen LogP contribution is 2.41. The summed E-state index contributed by atoms with van der Waals surface area (Å²) in [5.41, 5.74) is 1.26. The molecule has 222 valence electrons. The molecule has 1 aromatic heterocycles. The smallest absolute Gasteiger partial charge is 0.332 e. The zero-order valence-electron chi connectivity index (χ0n) is 24.9. The summed E-state index contributed by atoms with van der Waals surface area (Å²) in [6.07, 6.45) is 6.24. The molecule has 11 nitrogen and oxygen atoms in total. The van der Waals surface area contributed by atoms with E-state index in [1.807, 2.05) is 32.6 Å². The second kappa shape index (κ2) is 12.7. The number of hydrogen-bond acceptors (Lipinski definition) is 8. The van der Waals surface area contributed by atoms with Gasteiger partial charge in [-0.2, -0.15) is 4.98 Å². The maximum Gasteiger partial charge on any atom is 0.332 e. The molecule has 1 atom stereocenters. The summed E-state index contributed by atoms with van der Waals surface area (Å²) in [5.74, 6) is -0.154. The summed E-state index contributed by atoms with van der Waals surface area (Å²) < 4.78 is 0. The molecule has 1 saturated heterocycles. The summed E-state index contributed by atoms with van der Waals surface area (Å²) in [7, 11) is 1.72. The van der Waals surface area contributed by atoms with E-state index >= 15 is 0 Å². The number of nitrogens with zero attached hydrogens (tertiary/aromatic N) is 6. The number of urea groups is 1. The first-order valence-electron chi connectivity index (χ1n) is 14.8. The number of amides is 3. The fourth-order valence-corrected chi connectivity index (χ4v) is 5.99. The predicted molar refractivity (Wildman–Crippen MR) is 161 cm³/mol. The molecule has 4 rings (SSSR count). The Balaban J connectivity index is 1.57. The molecule has 3 amide bonds. The Labute approximate surface area is 242 Å². The van der Waals surface area contributed by atoms with Crippen LogP contribution in [0.5, 0.6) is 0 Å². The van der Waals surface area contributed by atoms with Gasteiger partial charge in [0.05, 0.1) is 17.6 Å². The zero-order valence-corrected chi connectivity index (χ0v) is 24.9. The van der Waals surface area contributed by atoms with Gasteiger partial charge in [-0.05, 0) is 58.2 Å². The molecule has 1 spiro atoms. The predicted octanol–water partition coefficient (Wildman–Crippen LogP) is 4.38. The van der Waals surface area contributed by atoms with Crippen LogP contribution >= 0.6 is 0 Å². The van der Waals surface area contributed by atoms with Crippen molar-refractivity contribution < 1.29 is 19.5 Å². The summed E-state index contributed by atoms with van der Waals surface area (Å²) >= 11 is 0. The number of carbonyl (C=O) groups excluding carboxylic acids is 2. The molecule has 2 fully saturated rings. The van der Waals surface area contributed by atoms with Crippen LogP contribution < -0.4 is 20.0 Å². The molecule has 11 heteroatoms. The Morgan fingerprint density at radius 1 is 1.00 bits per heavy atom. The summed E-state index contributed by atoms with van der Waals surface area (Å²) in [5, 5.41) is 13.3. The zero-order chi connectivity index (χ0) is 29.7. The molecular weight excluding hydrogens is 522 g/mol. The molecule has 1 saturated carbocycles. The Morgan fingerprint density at radius 2 is 1.61 bits per heavy atom. The Kier molecular flexibility index (Phi) is 9.35. The van der Waals surface area contributed by atoms with E-state index in [0.717, 1.165) is 56.7 Å². The molecule has 0 unspecified atom stereocenters. The number of imide groups is 1. The Morgan fingerprint density at radius 3 is 2.17 bits per heavy atom. The van der Waals surface area contributed by atoms with Crippen LogP contribution in [-0.2, 0) is 16.0 Å². The Hall–Kier alpha value is -3.89. The average molecular weight is 566 g/mol. The average Bonchev–Trinajstić information content (AvgIpc) is 3.15. The highest BCUT2D eigenvalue weighted by molar-refractivity contribution is 6.23. The van der Waals surface area contributed by atoms with E-state index in [4.69, 9.17) is 4.98 Å². The maximum atomic E-state index is 13.5. The van der Waals surface area contributed by atoms with Crippen LogP contribution in [0.1, 0.15) is 65.4 Å². The monoisotopic (exact) mass is 565 g/mol. The van der Waals surface area contributed by atoms with E-state index in [0.29, 0.717) is 30.3 Å². The topological polar surface area (TPSA) is 122 Å². The molecule has 2 aromatic rings. The van der Waals surface area contributed by atoms with E-state index in [2.05, 4.69) is 15.2 Å². The summed E-state index contributed by atoms with van der Waals surface area (Å²) in [6, 6.07) is 5.75. The molecule has 2 N–H and O–H groups in total. The van der Waals surface area contributed by atoms with Crippen LogP contribution in [0.15, 0.2) is 30.5 Å². The van der Waals surface area contributed by atoms with Gasteiger partial charge in [-0.15, -0.1) is 0 Å². The van der Waals surface area contributed by atoms with Crippen LogP contribution in [0.25, 0.3) is 0 Å². The van der Waals surface area contributed by atoms with E-state index in [-0.39, 0.29) is 18.4 Å². The first-order valence-corrected chi connectivity index (χ1v) is 14.8. The SMILES string of the molecule is CCN(CC)c1ncc(N(CC)CC)c(N[C@@H](Cc2ccc(N3C(=O)N(C)C4(CCCCC4)C3=O)cc2)C(=O)O)n1. The van der Waals surface area contributed by atoms with Crippen LogP contribution in [0.3, 0.4) is 0 Å². The Bertz CT molecular complexity index is 1240. The van der Waals surface area contributed by atoms with Crippen molar-refractivity contribution in [3.8, 4) is 0 Å². The van der Waals surface area contributed by atoms with Crippen molar-refractivity contribution in [2.45, 2.75) is 77.8 Å². The van der Waals surface area contributed by atoms with E-state index in [9.17, 15) is 19.5 Å². The van der Waals surface area contributed by atoms with Gasteiger partial charge >= 0.3 is 12.0 Å². The third-order valence-electron chi connectivity index (χ3n) is 8.55. The number of hydrogen-bond donors (Lipinski definition) is 2. The lowest BCUT2D eigenvalue weighted by atomic mass is 9.80. The molecule has 2 aliphatic rings. The fraction of sp³-hybridized carbons (Fsp3) is 0.567. The minimum absolute atomic E-state index is 0.167. The van der Waals surface area contributed by atoms with Crippen LogP contribution in [0, 0.1) is 0 Å². The molecular formula is C30H43N7O4. The van der Waals surface area contributed by atoms with Crippen molar-refractivity contribution in [3.63, 3.8) is 0 Å². The maximum absolute atomic E-state index is 13.5. The van der Waals surface area contributed by atoms with Crippen molar-refractivity contribution in [2.75, 3.05) is 53.2 Å². The van der Waals surface area contributed by atoms with Gasteiger partial charge in [-0.25, -0.2) is 19.5 Å². The number of aliphatic carboxylic acids is 1. The molecule has 1 aliphatic heterocycles. The quantitative estimate of drug-likeness (QED) is 0.361. The van der Waals surface area contributed by atoms with Crippen molar-refractivity contribution in [1.29, 1.82) is 0 Å². The molecule has 0 bridgehead atoms.